The molecule has 1 heterocycles. The number of aromatic nitrogens is 2. The molecule has 20 heavy (non-hydrogen) atoms. The molecule has 2 N–H and O–H groups in total. The van der Waals surface area contributed by atoms with Crippen molar-refractivity contribution in [3.8, 4) is 0 Å². The lowest BCUT2D eigenvalue weighted by molar-refractivity contribution is 0.710. The summed E-state index contributed by atoms with van der Waals surface area (Å²) in [5, 5.41) is 8.37. The van der Waals surface area contributed by atoms with Gasteiger partial charge >= 0.3 is 0 Å². The van der Waals surface area contributed by atoms with Gasteiger partial charge in [-0.15, -0.1) is 0 Å². The van der Waals surface area contributed by atoms with Crippen LogP contribution in [0.25, 0.3) is 0 Å². The first-order chi connectivity index (χ1) is 9.65. The average molecular weight is 310 g/mol. The highest BCUT2D eigenvalue weighted by molar-refractivity contribution is 7.97. The summed E-state index contributed by atoms with van der Waals surface area (Å²) in [5.41, 5.74) is 3.70. The molecule has 1 aromatic heterocycles. The summed E-state index contributed by atoms with van der Waals surface area (Å²) in [5.74, 6) is 0. The fourth-order valence-electron chi connectivity index (χ4n) is 2.18. The number of benzene rings is 1. The number of aryl methyl sites for hydroxylation is 1. The maximum atomic E-state index is 5.88. The van der Waals surface area contributed by atoms with Crippen molar-refractivity contribution >= 4 is 23.5 Å². The molecule has 108 valence electrons. The van der Waals surface area contributed by atoms with Crippen LogP contribution < -0.4 is 4.72 Å². The molecule has 0 fully saturated rings. The fraction of sp³-hybridized carbons (Fsp3) is 0.400. The molecule has 0 aliphatic heterocycles. The van der Waals surface area contributed by atoms with Gasteiger partial charge in [0.15, 0.2) is 0 Å². The van der Waals surface area contributed by atoms with Crippen LogP contribution in [0, 0.1) is 0 Å². The molecule has 0 aliphatic rings. The Bertz CT molecular complexity index is 551. The summed E-state index contributed by atoms with van der Waals surface area (Å²) in [6.07, 6.45) is 2.00. The Morgan fingerprint density at radius 1 is 1.25 bits per heavy atom. The van der Waals surface area contributed by atoms with Crippen LogP contribution in [0.3, 0.4) is 0 Å². The van der Waals surface area contributed by atoms with Crippen molar-refractivity contribution in [1.29, 1.82) is 0 Å². The van der Waals surface area contributed by atoms with Gasteiger partial charge in [-0.25, -0.2) is 0 Å². The number of hydrogen-bond acceptors (Lipinski definition) is 3. The van der Waals surface area contributed by atoms with Gasteiger partial charge in [-0.3, -0.25) is 9.82 Å². The molecule has 2 aromatic rings. The molecule has 3 nitrogen and oxygen atoms in total. The third-order valence-electron chi connectivity index (χ3n) is 3.27. The zero-order valence-corrected chi connectivity index (χ0v) is 13.6. The van der Waals surface area contributed by atoms with E-state index in [4.69, 9.17) is 11.6 Å². The van der Waals surface area contributed by atoms with E-state index in [0.29, 0.717) is 0 Å². The van der Waals surface area contributed by atoms with Crippen molar-refractivity contribution < 1.29 is 0 Å². The van der Waals surface area contributed by atoms with Crippen LogP contribution in [-0.2, 0) is 12.8 Å². The van der Waals surface area contributed by atoms with Crippen molar-refractivity contribution in [3.63, 3.8) is 0 Å². The highest BCUT2D eigenvalue weighted by Crippen LogP contribution is 2.24. The minimum Gasteiger partial charge on any atom is -0.282 e. The van der Waals surface area contributed by atoms with E-state index in [1.807, 2.05) is 24.3 Å². The van der Waals surface area contributed by atoms with Crippen molar-refractivity contribution in [2.75, 3.05) is 0 Å². The largest absolute Gasteiger partial charge is 0.282 e. The number of nitrogens with one attached hydrogen (secondary N) is 2. The topological polar surface area (TPSA) is 40.7 Å². The van der Waals surface area contributed by atoms with Crippen LogP contribution in [0.2, 0.25) is 5.02 Å². The Morgan fingerprint density at radius 3 is 2.55 bits per heavy atom. The van der Waals surface area contributed by atoms with E-state index in [1.165, 1.54) is 11.3 Å². The SMILES string of the molecule is CCc1[nH]nc(C(C)NSc2ccc(Cl)cc2)c1CC. The molecule has 5 heteroatoms. The van der Waals surface area contributed by atoms with Crippen molar-refractivity contribution in [2.24, 2.45) is 0 Å². The zero-order valence-electron chi connectivity index (χ0n) is 12.0. The van der Waals surface area contributed by atoms with E-state index < -0.39 is 0 Å². The molecule has 0 amide bonds. The van der Waals surface area contributed by atoms with Gasteiger partial charge < -0.3 is 0 Å². The monoisotopic (exact) mass is 309 g/mol. The molecule has 0 radical (unpaired) electrons. The highest BCUT2D eigenvalue weighted by Gasteiger charge is 2.16. The standard InChI is InChI=1S/C15H20ClN3S/c1-4-13-14(5-2)17-18-15(13)10(3)19-20-12-8-6-11(16)7-9-12/h6-10,19H,4-5H2,1-3H3,(H,17,18). The minimum absolute atomic E-state index is 0.196. The molecule has 0 aliphatic carbocycles. The molecule has 1 unspecified atom stereocenters. The zero-order chi connectivity index (χ0) is 14.5. The van der Waals surface area contributed by atoms with Crippen LogP contribution in [0.15, 0.2) is 29.2 Å². The van der Waals surface area contributed by atoms with Crippen LogP contribution in [0.1, 0.15) is 43.8 Å². The summed E-state index contributed by atoms with van der Waals surface area (Å²) in [4.78, 5) is 1.14. The van der Waals surface area contributed by atoms with Gasteiger partial charge in [-0.2, -0.15) is 5.10 Å². The number of halogens is 1. The second-order valence-electron chi connectivity index (χ2n) is 4.67. The minimum atomic E-state index is 0.196. The van der Waals surface area contributed by atoms with Crippen LogP contribution >= 0.6 is 23.5 Å². The van der Waals surface area contributed by atoms with E-state index in [-0.39, 0.29) is 6.04 Å². The Morgan fingerprint density at radius 2 is 1.95 bits per heavy atom. The quantitative estimate of drug-likeness (QED) is 0.769. The first-order valence-electron chi connectivity index (χ1n) is 6.89. The Labute approximate surface area is 129 Å². The van der Waals surface area contributed by atoms with Gasteiger partial charge in [0.1, 0.15) is 0 Å². The maximum Gasteiger partial charge on any atom is 0.0832 e. The molecule has 0 saturated carbocycles. The van der Waals surface area contributed by atoms with Gasteiger partial charge in [0, 0.05) is 15.6 Å². The summed E-state index contributed by atoms with van der Waals surface area (Å²) in [6.45, 7) is 6.46. The lowest BCUT2D eigenvalue weighted by atomic mass is 10.1. The van der Waals surface area contributed by atoms with E-state index in [9.17, 15) is 0 Å². The Kier molecular flexibility index (Phi) is 5.52. The molecule has 0 bridgehead atoms. The Balaban J connectivity index is 2.03. The van der Waals surface area contributed by atoms with E-state index in [0.717, 1.165) is 28.5 Å². The van der Waals surface area contributed by atoms with Gasteiger partial charge in [0.05, 0.1) is 11.7 Å². The molecule has 0 spiro atoms. The maximum absolute atomic E-state index is 5.88. The predicted octanol–water partition coefficient (Wildman–Crippen LogP) is 4.55. The molecule has 1 atom stereocenters. The lowest BCUT2D eigenvalue weighted by Crippen LogP contribution is -2.12. The summed E-state index contributed by atoms with van der Waals surface area (Å²) in [6, 6.07) is 8.02. The predicted molar refractivity (Wildman–Crippen MR) is 86.2 cm³/mol. The normalized spacial score (nSPS) is 12.6. The third-order valence-corrected chi connectivity index (χ3v) is 4.50. The summed E-state index contributed by atoms with van der Waals surface area (Å²) >= 11 is 7.49. The van der Waals surface area contributed by atoms with E-state index in [2.05, 4.69) is 35.7 Å². The first-order valence-corrected chi connectivity index (χ1v) is 8.09. The summed E-state index contributed by atoms with van der Waals surface area (Å²) < 4.78 is 3.44. The number of H-pyrrole nitrogens is 1. The molecule has 2 rings (SSSR count). The highest BCUT2D eigenvalue weighted by atomic mass is 35.5. The molecule has 1 aromatic carbocycles. The van der Waals surface area contributed by atoms with Crippen LogP contribution in [0.5, 0.6) is 0 Å². The number of rotatable bonds is 6. The van der Waals surface area contributed by atoms with Crippen LogP contribution in [-0.4, -0.2) is 10.2 Å². The molecular formula is C15H20ClN3S. The van der Waals surface area contributed by atoms with Crippen molar-refractivity contribution in [2.45, 2.75) is 44.6 Å². The third kappa shape index (κ3) is 3.57. The van der Waals surface area contributed by atoms with E-state index >= 15 is 0 Å². The van der Waals surface area contributed by atoms with Gasteiger partial charge in [0.25, 0.3) is 0 Å². The second-order valence-corrected chi connectivity index (χ2v) is 6.02. The van der Waals surface area contributed by atoms with Crippen LogP contribution in [0.4, 0.5) is 0 Å². The lowest BCUT2D eigenvalue weighted by Gasteiger charge is -2.12. The smallest absolute Gasteiger partial charge is 0.0832 e. The van der Waals surface area contributed by atoms with Crippen molar-refractivity contribution in [1.82, 2.24) is 14.9 Å². The fourth-order valence-corrected chi connectivity index (χ4v) is 3.00. The van der Waals surface area contributed by atoms with Gasteiger partial charge in [-0.1, -0.05) is 25.4 Å². The summed E-state index contributed by atoms with van der Waals surface area (Å²) in [7, 11) is 0. The van der Waals surface area contributed by atoms with Gasteiger partial charge in [0.2, 0.25) is 0 Å². The number of hydrogen-bond donors (Lipinski definition) is 2. The molecule has 0 saturated heterocycles. The average Bonchev–Trinajstić information content (AvgIpc) is 2.89. The van der Waals surface area contributed by atoms with Crippen molar-refractivity contribution in [3.05, 3.63) is 46.2 Å². The number of nitrogens with zero attached hydrogens (tertiary/aromatic N) is 1. The van der Waals surface area contributed by atoms with Gasteiger partial charge in [-0.05, 0) is 61.5 Å². The Hall–Kier alpha value is -0.970. The first kappa shape index (κ1) is 15.4. The van der Waals surface area contributed by atoms with E-state index in [1.54, 1.807) is 11.9 Å². The second kappa shape index (κ2) is 7.16. The number of aromatic amines is 1. The molecular weight excluding hydrogens is 290 g/mol.